The fraction of sp³-hybridized carbons (Fsp3) is 0.364. The molecule has 2 heterocycles. The Hall–Kier alpha value is -4.16. The maximum atomic E-state index is 12.7. The molecule has 0 radical (unpaired) electrons. The highest BCUT2D eigenvalue weighted by Gasteiger charge is 2.41. The monoisotopic (exact) mass is 870 g/mol. The van der Waals surface area contributed by atoms with Gasteiger partial charge in [-0.1, -0.05) is 94.9 Å². The number of hydrogen-bond donors (Lipinski definition) is 2. The van der Waals surface area contributed by atoms with Crippen LogP contribution in [0.3, 0.4) is 0 Å². The van der Waals surface area contributed by atoms with Crippen molar-refractivity contribution in [2.45, 2.75) is 102 Å². The standard InChI is InChI=1S/2C22H23Cl2NO4/c2*1-22(2,3)29-18(26)12-17-21(27)25-19(13-7-9-15(23)10-8-13)20(28-17)14-5-4-6-16(24)11-14/h2*4-11,17,19-20H,12H2,1-3H3,(H,25,27)/t17-,19+,20-;17-,19-,20+/m01/s1. The summed E-state index contributed by atoms with van der Waals surface area (Å²) in [4.78, 5) is 49.9. The maximum absolute atomic E-state index is 12.7. The Bertz CT molecular complexity index is 1930. The van der Waals surface area contributed by atoms with Crippen molar-refractivity contribution < 1.29 is 38.1 Å². The SMILES string of the molecule is CC(C)(C)OC(=O)C[C@@H]1O[C@@H](c2cccc(Cl)c2)[C@@H](c2ccc(Cl)cc2)NC1=O.CC(C)(C)OC(=O)C[C@H]1O[C@@H](c2cccc(Cl)c2)[C@@H](c2ccc(Cl)cc2)NC1=O. The summed E-state index contributed by atoms with van der Waals surface area (Å²) < 4.78 is 22.9. The van der Waals surface area contributed by atoms with Crippen LogP contribution in [0.4, 0.5) is 0 Å². The lowest BCUT2D eigenvalue weighted by molar-refractivity contribution is -0.168. The van der Waals surface area contributed by atoms with E-state index >= 15 is 0 Å². The van der Waals surface area contributed by atoms with Crippen LogP contribution in [0.2, 0.25) is 20.1 Å². The molecule has 0 spiro atoms. The highest BCUT2D eigenvalue weighted by atomic mass is 35.5. The summed E-state index contributed by atoms with van der Waals surface area (Å²) in [7, 11) is 0. The zero-order chi connectivity index (χ0) is 42.4. The molecule has 2 N–H and O–H groups in total. The van der Waals surface area contributed by atoms with Crippen LogP contribution in [0.15, 0.2) is 97.1 Å². The zero-order valence-electron chi connectivity index (χ0n) is 32.9. The summed E-state index contributed by atoms with van der Waals surface area (Å²) in [6.07, 6.45) is -3.32. The number of carbonyl (C=O) groups excluding carboxylic acids is 4. The summed E-state index contributed by atoms with van der Waals surface area (Å²) in [6.45, 7) is 10.7. The minimum atomic E-state index is -0.961. The van der Waals surface area contributed by atoms with Crippen LogP contribution in [0.25, 0.3) is 0 Å². The Morgan fingerprint density at radius 3 is 1.19 bits per heavy atom. The second kappa shape index (κ2) is 19.3. The van der Waals surface area contributed by atoms with Gasteiger partial charge >= 0.3 is 11.9 Å². The lowest BCUT2D eigenvalue weighted by Gasteiger charge is -2.37. The lowest BCUT2D eigenvalue weighted by Crippen LogP contribution is -2.49. The molecule has 4 aromatic rings. The maximum Gasteiger partial charge on any atom is 0.309 e. The van der Waals surface area contributed by atoms with E-state index in [9.17, 15) is 19.2 Å². The lowest BCUT2D eigenvalue weighted by atomic mass is 9.93. The van der Waals surface area contributed by atoms with E-state index in [1.54, 1.807) is 90.1 Å². The van der Waals surface area contributed by atoms with Crippen LogP contribution < -0.4 is 10.6 Å². The van der Waals surface area contributed by atoms with Gasteiger partial charge in [-0.25, -0.2) is 0 Å². The van der Waals surface area contributed by atoms with Crippen molar-refractivity contribution in [2.75, 3.05) is 0 Å². The topological polar surface area (TPSA) is 129 Å². The Labute approximate surface area is 358 Å². The fourth-order valence-corrected chi connectivity index (χ4v) is 7.04. The number of amides is 2. The first-order valence-corrected chi connectivity index (χ1v) is 20.1. The molecule has 0 aliphatic carbocycles. The van der Waals surface area contributed by atoms with Crippen molar-refractivity contribution in [3.8, 4) is 0 Å². The predicted octanol–water partition coefficient (Wildman–Crippen LogP) is 10.0. The Morgan fingerprint density at radius 2 is 0.879 bits per heavy atom. The van der Waals surface area contributed by atoms with E-state index in [1.165, 1.54) is 0 Å². The minimum Gasteiger partial charge on any atom is -0.460 e. The molecule has 14 heteroatoms. The third kappa shape index (κ3) is 12.9. The number of rotatable bonds is 8. The molecule has 10 nitrogen and oxygen atoms in total. The quantitative estimate of drug-likeness (QED) is 0.168. The number of esters is 2. The van der Waals surface area contributed by atoms with E-state index in [-0.39, 0.29) is 24.7 Å². The number of benzene rings is 4. The van der Waals surface area contributed by atoms with Gasteiger partial charge in [0.25, 0.3) is 0 Å². The molecule has 6 rings (SSSR count). The van der Waals surface area contributed by atoms with E-state index in [0.717, 1.165) is 22.3 Å². The first kappa shape index (κ1) is 44.9. The molecule has 2 fully saturated rings. The molecule has 0 aromatic heterocycles. The first-order valence-electron chi connectivity index (χ1n) is 18.6. The van der Waals surface area contributed by atoms with Gasteiger partial charge in [0.2, 0.25) is 11.8 Å². The van der Waals surface area contributed by atoms with Gasteiger partial charge in [-0.3, -0.25) is 19.2 Å². The van der Waals surface area contributed by atoms with Gasteiger partial charge in [0, 0.05) is 20.1 Å². The Morgan fingerprint density at radius 1 is 0.534 bits per heavy atom. The van der Waals surface area contributed by atoms with Gasteiger partial charge in [-0.05, 0) is 112 Å². The van der Waals surface area contributed by atoms with Crippen LogP contribution in [0, 0.1) is 0 Å². The molecular weight excluding hydrogens is 826 g/mol. The second-order valence-electron chi connectivity index (χ2n) is 15.9. The van der Waals surface area contributed by atoms with Crippen LogP contribution >= 0.6 is 46.4 Å². The average Bonchev–Trinajstić information content (AvgIpc) is 3.12. The largest absolute Gasteiger partial charge is 0.460 e. The molecule has 2 aliphatic heterocycles. The van der Waals surface area contributed by atoms with Crippen LogP contribution in [-0.4, -0.2) is 47.2 Å². The average molecular weight is 873 g/mol. The Balaban J connectivity index is 0.000000221. The first-order chi connectivity index (χ1) is 27.2. The van der Waals surface area contributed by atoms with Crippen molar-refractivity contribution in [1.82, 2.24) is 10.6 Å². The molecule has 0 saturated carbocycles. The summed E-state index contributed by atoms with van der Waals surface area (Å²) in [5.74, 6) is -1.72. The predicted molar refractivity (Wildman–Crippen MR) is 224 cm³/mol. The van der Waals surface area contributed by atoms with Gasteiger partial charge in [0.15, 0.2) is 0 Å². The minimum absolute atomic E-state index is 0.173. The van der Waals surface area contributed by atoms with E-state index in [1.807, 2.05) is 48.5 Å². The molecule has 308 valence electrons. The molecule has 0 unspecified atom stereocenters. The third-order valence-corrected chi connectivity index (χ3v) is 9.74. The molecule has 0 bridgehead atoms. The molecule has 58 heavy (non-hydrogen) atoms. The molecule has 2 aliphatic rings. The number of hydrogen-bond acceptors (Lipinski definition) is 8. The van der Waals surface area contributed by atoms with Gasteiger partial charge in [-0.15, -0.1) is 0 Å². The molecule has 2 amide bonds. The zero-order valence-corrected chi connectivity index (χ0v) is 35.9. The van der Waals surface area contributed by atoms with Crippen LogP contribution in [0.5, 0.6) is 0 Å². The van der Waals surface area contributed by atoms with Crippen LogP contribution in [-0.2, 0) is 38.1 Å². The van der Waals surface area contributed by atoms with Gasteiger partial charge in [0.05, 0.1) is 24.9 Å². The van der Waals surface area contributed by atoms with E-state index in [0.29, 0.717) is 20.1 Å². The number of halogens is 4. The van der Waals surface area contributed by atoms with Crippen molar-refractivity contribution in [3.63, 3.8) is 0 Å². The number of ether oxygens (including phenoxy) is 4. The smallest absolute Gasteiger partial charge is 0.309 e. The molecule has 6 atom stereocenters. The summed E-state index contributed by atoms with van der Waals surface area (Å²) in [5.41, 5.74) is 1.99. The normalized spacial score (nSPS) is 22.1. The second-order valence-corrected chi connectivity index (χ2v) is 17.6. The highest BCUT2D eigenvalue weighted by Crippen LogP contribution is 2.40. The van der Waals surface area contributed by atoms with E-state index in [2.05, 4.69) is 10.6 Å². The number of carbonyl (C=O) groups is 4. The number of nitrogens with one attached hydrogen (secondary N) is 2. The van der Waals surface area contributed by atoms with Gasteiger partial charge < -0.3 is 29.6 Å². The van der Waals surface area contributed by atoms with Crippen molar-refractivity contribution >= 4 is 70.2 Å². The van der Waals surface area contributed by atoms with Gasteiger partial charge in [0.1, 0.15) is 35.6 Å². The van der Waals surface area contributed by atoms with E-state index in [4.69, 9.17) is 65.4 Å². The van der Waals surface area contributed by atoms with E-state index < -0.39 is 59.6 Å². The van der Waals surface area contributed by atoms with Gasteiger partial charge in [-0.2, -0.15) is 0 Å². The molecule has 4 aromatic carbocycles. The summed E-state index contributed by atoms with van der Waals surface area (Å²) in [6, 6.07) is 28.0. The van der Waals surface area contributed by atoms with Crippen LogP contribution in [0.1, 0.15) is 101 Å². The highest BCUT2D eigenvalue weighted by molar-refractivity contribution is 6.31. The summed E-state index contributed by atoms with van der Waals surface area (Å²) in [5, 5.41) is 8.27. The fourth-order valence-electron chi connectivity index (χ4n) is 6.39. The number of morpholine rings is 2. The third-order valence-electron chi connectivity index (χ3n) is 8.76. The Kier molecular flexibility index (Phi) is 14.9. The van der Waals surface area contributed by atoms with Crippen molar-refractivity contribution in [3.05, 3.63) is 139 Å². The molecule has 2 saturated heterocycles. The van der Waals surface area contributed by atoms with Crippen molar-refractivity contribution in [2.24, 2.45) is 0 Å². The van der Waals surface area contributed by atoms with Crippen molar-refractivity contribution in [1.29, 1.82) is 0 Å². The summed E-state index contributed by atoms with van der Waals surface area (Å²) >= 11 is 24.3. The molecular formula is C44H46Cl4N2O8.